The van der Waals surface area contributed by atoms with Crippen molar-refractivity contribution in [1.29, 1.82) is 0 Å². The zero-order valence-corrected chi connectivity index (χ0v) is 13.1. The molecule has 0 aromatic carbocycles. The first-order valence-electron chi connectivity index (χ1n) is 6.81. The van der Waals surface area contributed by atoms with Crippen molar-refractivity contribution in [2.45, 2.75) is 18.6 Å². The van der Waals surface area contributed by atoms with Crippen molar-refractivity contribution in [3.05, 3.63) is 17.4 Å². The normalized spacial score (nSPS) is 21.8. The summed E-state index contributed by atoms with van der Waals surface area (Å²) < 4.78 is 12.3. The summed E-state index contributed by atoms with van der Waals surface area (Å²) in [5, 5.41) is 4.45. The number of amides is 2. The summed E-state index contributed by atoms with van der Waals surface area (Å²) >= 11 is 5.78. The number of hydrogen-bond acceptors (Lipinski definition) is 5. The first-order chi connectivity index (χ1) is 10.4. The van der Waals surface area contributed by atoms with Crippen molar-refractivity contribution in [1.82, 2.24) is 14.7 Å². The number of nitrogens with two attached hydrogens (primary N) is 1. The molecule has 0 aliphatic carbocycles. The van der Waals surface area contributed by atoms with Crippen molar-refractivity contribution in [2.75, 3.05) is 33.4 Å². The molecule has 2 heterocycles. The van der Waals surface area contributed by atoms with Crippen LogP contribution in [0.5, 0.6) is 0 Å². The van der Waals surface area contributed by atoms with Gasteiger partial charge in [-0.15, -0.1) is 0 Å². The molecule has 1 aliphatic heterocycles. The largest absolute Gasteiger partial charge is 0.382 e. The fourth-order valence-corrected chi connectivity index (χ4v) is 2.70. The van der Waals surface area contributed by atoms with Gasteiger partial charge in [0.25, 0.3) is 0 Å². The number of rotatable bonds is 6. The summed E-state index contributed by atoms with van der Waals surface area (Å²) in [5.41, 5.74) is 4.39. The number of morpholine rings is 1. The summed E-state index contributed by atoms with van der Waals surface area (Å²) in [7, 11) is 1.51. The number of ether oxygens (including phenoxy) is 2. The van der Waals surface area contributed by atoms with Crippen LogP contribution in [-0.2, 0) is 25.6 Å². The van der Waals surface area contributed by atoms with Gasteiger partial charge >= 0.3 is 0 Å². The predicted octanol–water partition coefficient (Wildman–Crippen LogP) is -0.344. The number of methoxy groups -OCH3 is 1. The van der Waals surface area contributed by atoms with Gasteiger partial charge in [0.15, 0.2) is 0 Å². The minimum absolute atomic E-state index is 0.00177. The molecule has 22 heavy (non-hydrogen) atoms. The fraction of sp³-hybridized carbons (Fsp3) is 0.615. The van der Waals surface area contributed by atoms with Crippen molar-refractivity contribution in [3.8, 4) is 0 Å². The first kappa shape index (κ1) is 16.7. The molecule has 2 rings (SSSR count). The third-order valence-electron chi connectivity index (χ3n) is 3.40. The predicted molar refractivity (Wildman–Crippen MR) is 78.2 cm³/mol. The van der Waals surface area contributed by atoms with Gasteiger partial charge in [-0.2, -0.15) is 5.10 Å². The van der Waals surface area contributed by atoms with Crippen LogP contribution in [0.3, 0.4) is 0 Å². The van der Waals surface area contributed by atoms with Gasteiger partial charge in [-0.1, -0.05) is 11.6 Å². The topological polar surface area (TPSA) is 99.7 Å². The molecule has 8 nitrogen and oxygen atoms in total. The lowest BCUT2D eigenvalue weighted by Gasteiger charge is -2.41. The Morgan fingerprint density at radius 1 is 1.59 bits per heavy atom. The van der Waals surface area contributed by atoms with Gasteiger partial charge in [0.05, 0.1) is 37.4 Å². The first-order valence-corrected chi connectivity index (χ1v) is 7.19. The Morgan fingerprint density at radius 2 is 2.36 bits per heavy atom. The lowest BCUT2D eigenvalue weighted by atomic mass is 9.97. The summed E-state index contributed by atoms with van der Waals surface area (Å²) in [6.45, 7) is 1.28. The molecular formula is C13H19ClN4O4. The Balaban J connectivity index is 2.04. The van der Waals surface area contributed by atoms with Gasteiger partial charge in [0.1, 0.15) is 12.1 Å². The summed E-state index contributed by atoms with van der Waals surface area (Å²) in [5.74, 6) is -0.627. The maximum Gasteiger partial charge on any atom is 0.244 e. The van der Waals surface area contributed by atoms with Crippen LogP contribution >= 0.6 is 11.6 Å². The lowest BCUT2D eigenvalue weighted by Crippen LogP contribution is -2.57. The second kappa shape index (κ2) is 7.08. The maximum atomic E-state index is 12.4. The van der Waals surface area contributed by atoms with Gasteiger partial charge in [-0.25, -0.2) is 0 Å². The summed E-state index contributed by atoms with van der Waals surface area (Å²) in [6, 6.07) is 0. The zero-order valence-electron chi connectivity index (χ0n) is 12.3. The van der Waals surface area contributed by atoms with E-state index >= 15 is 0 Å². The van der Waals surface area contributed by atoms with E-state index in [0.29, 0.717) is 18.2 Å². The molecule has 1 atom stereocenters. The number of carbonyl (C=O) groups is 2. The molecule has 2 amide bonds. The SMILES string of the molecule is COC[C@@]1(CC(N)=O)CN(C(=O)Cn2cc(Cl)cn2)CCO1. The second-order valence-electron chi connectivity index (χ2n) is 5.28. The molecule has 1 aromatic rings. The Hall–Kier alpha value is -1.64. The number of aromatic nitrogens is 2. The van der Waals surface area contributed by atoms with E-state index in [0.717, 1.165) is 0 Å². The number of carbonyl (C=O) groups excluding carboxylic acids is 2. The molecule has 0 unspecified atom stereocenters. The van der Waals surface area contributed by atoms with Crippen LogP contribution in [0.15, 0.2) is 12.4 Å². The van der Waals surface area contributed by atoms with Gasteiger partial charge in [-0.05, 0) is 0 Å². The van der Waals surface area contributed by atoms with Crippen LogP contribution in [0.2, 0.25) is 5.02 Å². The van der Waals surface area contributed by atoms with Crippen molar-refractivity contribution in [3.63, 3.8) is 0 Å². The van der Waals surface area contributed by atoms with E-state index in [1.54, 1.807) is 11.1 Å². The number of nitrogens with zero attached hydrogens (tertiary/aromatic N) is 3. The highest BCUT2D eigenvalue weighted by Crippen LogP contribution is 2.23. The molecule has 2 N–H and O–H groups in total. The van der Waals surface area contributed by atoms with E-state index < -0.39 is 11.5 Å². The maximum absolute atomic E-state index is 12.4. The van der Waals surface area contributed by atoms with Crippen LogP contribution in [0.25, 0.3) is 0 Å². The van der Waals surface area contributed by atoms with E-state index in [4.69, 9.17) is 26.8 Å². The average Bonchev–Trinajstić information content (AvgIpc) is 2.83. The van der Waals surface area contributed by atoms with Gasteiger partial charge in [0.2, 0.25) is 11.8 Å². The Bertz CT molecular complexity index is 546. The number of primary amides is 1. The smallest absolute Gasteiger partial charge is 0.244 e. The third-order valence-corrected chi connectivity index (χ3v) is 3.60. The third kappa shape index (κ3) is 4.19. The lowest BCUT2D eigenvalue weighted by molar-refractivity contribution is -0.166. The summed E-state index contributed by atoms with van der Waals surface area (Å²) in [6.07, 6.45) is 3.04. The van der Waals surface area contributed by atoms with Gasteiger partial charge in [-0.3, -0.25) is 14.3 Å². The monoisotopic (exact) mass is 330 g/mol. The highest BCUT2D eigenvalue weighted by Gasteiger charge is 2.40. The Kier molecular flexibility index (Phi) is 5.38. The van der Waals surface area contributed by atoms with Crippen LogP contribution in [0.4, 0.5) is 0 Å². The number of hydrogen-bond donors (Lipinski definition) is 1. The standard InChI is InChI=1S/C13H19ClN4O4/c1-21-9-13(4-11(15)19)8-17(2-3-22-13)12(20)7-18-6-10(14)5-16-18/h5-6H,2-4,7-9H2,1H3,(H2,15,19)/t13-/m1/s1. The van der Waals surface area contributed by atoms with Crippen LogP contribution in [0.1, 0.15) is 6.42 Å². The number of halogens is 1. The molecule has 0 spiro atoms. The minimum atomic E-state index is -0.893. The van der Waals surface area contributed by atoms with E-state index in [1.165, 1.54) is 18.0 Å². The molecule has 0 saturated carbocycles. The van der Waals surface area contributed by atoms with E-state index in [-0.39, 0.29) is 32.0 Å². The van der Waals surface area contributed by atoms with Crippen LogP contribution in [0, 0.1) is 0 Å². The molecular weight excluding hydrogens is 312 g/mol. The quantitative estimate of drug-likeness (QED) is 0.769. The van der Waals surface area contributed by atoms with Gasteiger partial charge < -0.3 is 20.1 Å². The second-order valence-corrected chi connectivity index (χ2v) is 5.72. The van der Waals surface area contributed by atoms with E-state index in [2.05, 4.69) is 5.10 Å². The van der Waals surface area contributed by atoms with E-state index in [1.807, 2.05) is 0 Å². The minimum Gasteiger partial charge on any atom is -0.382 e. The molecule has 9 heteroatoms. The summed E-state index contributed by atoms with van der Waals surface area (Å²) in [4.78, 5) is 25.3. The van der Waals surface area contributed by atoms with E-state index in [9.17, 15) is 9.59 Å². The molecule has 122 valence electrons. The van der Waals surface area contributed by atoms with Crippen LogP contribution < -0.4 is 5.73 Å². The molecule has 0 radical (unpaired) electrons. The molecule has 0 bridgehead atoms. The van der Waals surface area contributed by atoms with Gasteiger partial charge in [0, 0.05) is 19.9 Å². The highest BCUT2D eigenvalue weighted by molar-refractivity contribution is 6.30. The van der Waals surface area contributed by atoms with Crippen LogP contribution in [-0.4, -0.2) is 65.5 Å². The Labute approximate surface area is 133 Å². The average molecular weight is 331 g/mol. The van der Waals surface area contributed by atoms with Crippen molar-refractivity contribution in [2.24, 2.45) is 5.73 Å². The van der Waals surface area contributed by atoms with Crippen molar-refractivity contribution < 1.29 is 19.1 Å². The molecule has 1 aromatic heterocycles. The van der Waals surface area contributed by atoms with Crippen molar-refractivity contribution >= 4 is 23.4 Å². The molecule has 1 fully saturated rings. The molecule has 1 saturated heterocycles. The zero-order chi connectivity index (χ0) is 16.2. The Morgan fingerprint density at radius 3 is 2.95 bits per heavy atom. The fourth-order valence-electron chi connectivity index (χ4n) is 2.55. The molecule has 1 aliphatic rings. The highest BCUT2D eigenvalue weighted by atomic mass is 35.5.